The third-order valence-electron chi connectivity index (χ3n) is 6.48. The number of fused-ring (bicyclic) bond motifs is 1. The van der Waals surface area contributed by atoms with Crippen molar-refractivity contribution in [1.29, 1.82) is 0 Å². The van der Waals surface area contributed by atoms with E-state index in [4.69, 9.17) is 0 Å². The van der Waals surface area contributed by atoms with Gasteiger partial charge in [-0.05, 0) is 55.5 Å². The molecule has 0 aliphatic heterocycles. The Hall–Kier alpha value is -2.74. The van der Waals surface area contributed by atoms with Gasteiger partial charge in [-0.25, -0.2) is 14.4 Å². The molecule has 6 nitrogen and oxygen atoms in total. The summed E-state index contributed by atoms with van der Waals surface area (Å²) in [6.07, 6.45) is 11.2. The number of hydrogen-bond acceptors (Lipinski definition) is 5. The van der Waals surface area contributed by atoms with Gasteiger partial charge < -0.3 is 5.32 Å². The van der Waals surface area contributed by atoms with E-state index in [1.165, 1.54) is 42.3 Å². The second kappa shape index (κ2) is 9.63. The largest absolute Gasteiger partial charge is 0.309 e. The number of carbonyl (C=O) groups excluding carboxylic acids is 1. The zero-order valence-electron chi connectivity index (χ0n) is 18.4. The number of nitrogens with one attached hydrogen (secondary N) is 1. The molecule has 2 fully saturated rings. The van der Waals surface area contributed by atoms with Gasteiger partial charge in [-0.1, -0.05) is 32.1 Å². The van der Waals surface area contributed by atoms with E-state index >= 15 is 0 Å². The minimum absolute atomic E-state index is 0.217. The fraction of sp³-hybridized carbons (Fsp3) is 0.440. The van der Waals surface area contributed by atoms with Crippen molar-refractivity contribution >= 4 is 34.4 Å². The Kier molecular flexibility index (Phi) is 6.44. The molecule has 0 saturated heterocycles. The topological polar surface area (TPSA) is 76.9 Å². The fourth-order valence-electron chi connectivity index (χ4n) is 4.53. The molecule has 0 spiro atoms. The SMILES string of the molecule is O=C(Nc1ccc(F)cn1)C(CC1CCCCC1)n1cnc2cc(SC3CC3)ccc2c1=O. The molecular formula is C25H27FN4O2S. The van der Waals surface area contributed by atoms with E-state index in [-0.39, 0.29) is 17.3 Å². The Morgan fingerprint density at radius 1 is 1.12 bits per heavy atom. The van der Waals surface area contributed by atoms with E-state index in [9.17, 15) is 14.0 Å². The Balaban J connectivity index is 1.45. The highest BCUT2D eigenvalue weighted by Crippen LogP contribution is 2.39. The van der Waals surface area contributed by atoms with Gasteiger partial charge in [0.15, 0.2) is 0 Å². The number of amides is 1. The number of nitrogens with zero attached hydrogens (tertiary/aromatic N) is 3. The van der Waals surface area contributed by atoms with Gasteiger partial charge in [-0.3, -0.25) is 14.2 Å². The van der Waals surface area contributed by atoms with E-state index < -0.39 is 11.9 Å². The van der Waals surface area contributed by atoms with Gasteiger partial charge >= 0.3 is 0 Å². The molecule has 2 heterocycles. The Morgan fingerprint density at radius 3 is 2.67 bits per heavy atom. The third-order valence-corrected chi connectivity index (χ3v) is 7.81. The lowest BCUT2D eigenvalue weighted by Crippen LogP contribution is -2.35. The summed E-state index contributed by atoms with van der Waals surface area (Å²) in [4.78, 5) is 36.3. The number of rotatable bonds is 7. The molecule has 5 rings (SSSR count). The van der Waals surface area contributed by atoms with Crippen LogP contribution in [0.15, 0.2) is 52.5 Å². The predicted octanol–water partition coefficient (Wildman–Crippen LogP) is 5.34. The minimum Gasteiger partial charge on any atom is -0.309 e. The van der Waals surface area contributed by atoms with Gasteiger partial charge in [0.2, 0.25) is 5.91 Å². The van der Waals surface area contributed by atoms with Crippen LogP contribution in [-0.2, 0) is 4.79 Å². The maximum absolute atomic E-state index is 13.4. The molecule has 3 aromatic rings. The lowest BCUT2D eigenvalue weighted by molar-refractivity contribution is -0.120. The number of halogens is 1. The third kappa shape index (κ3) is 5.27. The summed E-state index contributed by atoms with van der Waals surface area (Å²) in [6.45, 7) is 0. The van der Waals surface area contributed by atoms with Gasteiger partial charge in [0.05, 0.1) is 23.4 Å². The summed E-state index contributed by atoms with van der Waals surface area (Å²) < 4.78 is 14.7. The summed E-state index contributed by atoms with van der Waals surface area (Å²) >= 11 is 1.82. The molecule has 2 aromatic heterocycles. The van der Waals surface area contributed by atoms with Crippen LogP contribution < -0.4 is 10.9 Å². The first-order chi connectivity index (χ1) is 16.1. The van der Waals surface area contributed by atoms with Crippen molar-refractivity contribution in [2.24, 2.45) is 5.92 Å². The number of thioether (sulfide) groups is 1. The van der Waals surface area contributed by atoms with E-state index in [1.54, 1.807) is 0 Å². The van der Waals surface area contributed by atoms with Gasteiger partial charge in [0.25, 0.3) is 5.56 Å². The number of aromatic nitrogens is 3. The van der Waals surface area contributed by atoms with Crippen molar-refractivity contribution in [2.75, 3.05) is 5.32 Å². The normalized spacial score (nSPS) is 17.7. The molecule has 2 saturated carbocycles. The molecule has 1 N–H and O–H groups in total. The smallest absolute Gasteiger partial charge is 0.261 e. The first kappa shape index (κ1) is 22.1. The van der Waals surface area contributed by atoms with Crippen molar-refractivity contribution < 1.29 is 9.18 Å². The average Bonchev–Trinajstić information content (AvgIpc) is 3.64. The van der Waals surface area contributed by atoms with Crippen molar-refractivity contribution in [3.05, 3.63) is 59.0 Å². The van der Waals surface area contributed by atoms with Crippen LogP contribution in [0.25, 0.3) is 10.9 Å². The van der Waals surface area contributed by atoms with Gasteiger partial charge in [-0.15, -0.1) is 11.8 Å². The molecule has 33 heavy (non-hydrogen) atoms. The van der Waals surface area contributed by atoms with Crippen molar-refractivity contribution in [3.63, 3.8) is 0 Å². The second-order valence-corrected chi connectivity index (χ2v) is 10.4. The standard InChI is InChI=1S/C25H27FN4O2S/c26-17-6-11-23(27-14-17)29-24(31)22(12-16-4-2-1-3-5-16)30-15-28-21-13-19(33-18-7-8-18)9-10-20(21)25(30)32/h6,9-11,13-16,18,22H,1-5,7-8,12H2,(H,27,29,31). The van der Waals surface area contributed by atoms with Gasteiger partial charge in [0.1, 0.15) is 17.7 Å². The van der Waals surface area contributed by atoms with Crippen LogP contribution in [0.2, 0.25) is 0 Å². The number of pyridine rings is 1. The fourth-order valence-corrected chi connectivity index (χ4v) is 5.62. The van der Waals surface area contributed by atoms with Crippen molar-refractivity contribution in [1.82, 2.24) is 14.5 Å². The summed E-state index contributed by atoms with van der Waals surface area (Å²) in [6, 6.07) is 7.72. The summed E-state index contributed by atoms with van der Waals surface area (Å²) in [5.41, 5.74) is 0.435. The quantitative estimate of drug-likeness (QED) is 0.509. The van der Waals surface area contributed by atoms with Crippen molar-refractivity contribution in [3.8, 4) is 0 Å². The van der Waals surface area contributed by atoms with E-state index in [0.29, 0.717) is 28.5 Å². The number of hydrogen-bond donors (Lipinski definition) is 1. The molecule has 8 heteroatoms. The molecule has 0 bridgehead atoms. The molecule has 1 atom stereocenters. The van der Waals surface area contributed by atoms with Crippen LogP contribution in [0.3, 0.4) is 0 Å². The van der Waals surface area contributed by atoms with Crippen LogP contribution in [0, 0.1) is 11.7 Å². The molecule has 1 unspecified atom stereocenters. The predicted molar refractivity (Wildman–Crippen MR) is 128 cm³/mol. The van der Waals surface area contributed by atoms with Crippen LogP contribution in [0.1, 0.15) is 57.4 Å². The van der Waals surface area contributed by atoms with Crippen LogP contribution >= 0.6 is 11.8 Å². The maximum atomic E-state index is 13.4. The molecule has 172 valence electrons. The molecule has 0 radical (unpaired) electrons. The van der Waals surface area contributed by atoms with Crippen LogP contribution in [-0.4, -0.2) is 25.7 Å². The Labute approximate surface area is 196 Å². The van der Waals surface area contributed by atoms with Gasteiger partial charge in [-0.2, -0.15) is 0 Å². The number of benzene rings is 1. The average molecular weight is 467 g/mol. The highest BCUT2D eigenvalue weighted by Gasteiger charge is 2.28. The molecular weight excluding hydrogens is 439 g/mol. The van der Waals surface area contributed by atoms with Gasteiger partial charge in [0, 0.05) is 10.1 Å². The molecule has 2 aliphatic carbocycles. The van der Waals surface area contributed by atoms with Crippen LogP contribution in [0.4, 0.5) is 10.2 Å². The summed E-state index contributed by atoms with van der Waals surface area (Å²) in [5, 5.41) is 3.95. The zero-order chi connectivity index (χ0) is 22.8. The molecule has 1 amide bonds. The number of carbonyl (C=O) groups is 1. The first-order valence-corrected chi connectivity index (χ1v) is 12.5. The van der Waals surface area contributed by atoms with Crippen molar-refractivity contribution in [2.45, 2.75) is 67.6 Å². The van der Waals surface area contributed by atoms with E-state index in [1.807, 2.05) is 30.0 Å². The Bertz CT molecular complexity index is 1200. The van der Waals surface area contributed by atoms with Crippen LogP contribution in [0.5, 0.6) is 0 Å². The molecule has 1 aromatic carbocycles. The highest BCUT2D eigenvalue weighted by molar-refractivity contribution is 8.00. The summed E-state index contributed by atoms with van der Waals surface area (Å²) in [5.74, 6) is -0.168. The number of anilines is 1. The highest BCUT2D eigenvalue weighted by atomic mass is 32.2. The Morgan fingerprint density at radius 2 is 1.94 bits per heavy atom. The van der Waals surface area contributed by atoms with E-state index in [2.05, 4.69) is 15.3 Å². The summed E-state index contributed by atoms with van der Waals surface area (Å²) in [7, 11) is 0. The maximum Gasteiger partial charge on any atom is 0.261 e. The zero-order valence-corrected chi connectivity index (χ0v) is 19.2. The lowest BCUT2D eigenvalue weighted by Gasteiger charge is -2.27. The minimum atomic E-state index is -0.704. The molecule has 2 aliphatic rings. The first-order valence-electron chi connectivity index (χ1n) is 11.7. The van der Waals surface area contributed by atoms with E-state index in [0.717, 1.165) is 36.8 Å². The monoisotopic (exact) mass is 466 g/mol. The second-order valence-electron chi connectivity index (χ2n) is 9.06. The lowest BCUT2D eigenvalue weighted by atomic mass is 9.84.